The second kappa shape index (κ2) is 11.7. The Labute approximate surface area is 197 Å². The number of hydrogen-bond acceptors (Lipinski definition) is 2. The quantitative estimate of drug-likeness (QED) is 0.352. The van der Waals surface area contributed by atoms with Crippen LogP contribution in [-0.2, 0) is 4.57 Å². The molecule has 32 heavy (non-hydrogen) atoms. The summed E-state index contributed by atoms with van der Waals surface area (Å²) in [5.74, 6) is 1.98. The highest BCUT2D eigenvalue weighted by atomic mass is 35.5. The molecule has 2 aliphatic rings. The minimum atomic E-state index is -4.11. The van der Waals surface area contributed by atoms with Crippen molar-refractivity contribution in [1.82, 2.24) is 0 Å². The van der Waals surface area contributed by atoms with Gasteiger partial charge in [-0.15, -0.1) is 0 Å². The van der Waals surface area contributed by atoms with Crippen molar-refractivity contribution >= 4 is 19.2 Å². The summed E-state index contributed by atoms with van der Waals surface area (Å²) >= 11 is 6.40. The molecule has 0 saturated heterocycles. The van der Waals surface area contributed by atoms with Gasteiger partial charge in [-0.25, -0.2) is 4.39 Å². The monoisotopic (exact) mass is 488 g/mol. The molecule has 2 fully saturated rings. The van der Waals surface area contributed by atoms with Crippen molar-refractivity contribution < 1.29 is 23.5 Å². The molecule has 2 saturated carbocycles. The summed E-state index contributed by atoms with van der Waals surface area (Å²) in [6.45, 7) is 3.98. The fourth-order valence-corrected chi connectivity index (χ4v) is 7.15. The first-order valence-corrected chi connectivity index (χ1v) is 14.5. The van der Waals surface area contributed by atoms with E-state index < -0.39 is 13.4 Å². The number of halogens is 2. The number of ether oxygens (including phenoxy) is 1. The minimum Gasteiger partial charge on any atom is -0.490 e. The number of hydrogen-bond donors (Lipinski definition) is 2. The molecule has 0 aromatic heterocycles. The predicted molar refractivity (Wildman–Crippen MR) is 128 cm³/mol. The summed E-state index contributed by atoms with van der Waals surface area (Å²) in [7, 11) is -4.11. The number of rotatable bonds is 9. The first-order valence-electron chi connectivity index (χ1n) is 12.3. The largest absolute Gasteiger partial charge is 0.490 e. The molecular formula is C25H39ClFO4P. The summed E-state index contributed by atoms with van der Waals surface area (Å²) in [5.41, 5.74) is 0.866. The maximum absolute atomic E-state index is 14.9. The molecule has 0 unspecified atom stereocenters. The topological polar surface area (TPSA) is 66.8 Å². The Morgan fingerprint density at radius 2 is 1.69 bits per heavy atom. The molecule has 0 aliphatic heterocycles. The lowest BCUT2D eigenvalue weighted by Gasteiger charge is -2.38. The van der Waals surface area contributed by atoms with Gasteiger partial charge in [-0.2, -0.15) is 0 Å². The molecule has 1 aromatic carbocycles. The smallest absolute Gasteiger partial charge is 0.325 e. The van der Waals surface area contributed by atoms with Crippen LogP contribution in [0, 0.1) is 29.5 Å². The average molecular weight is 489 g/mol. The first kappa shape index (κ1) is 26.0. The van der Waals surface area contributed by atoms with Crippen LogP contribution < -0.4 is 4.74 Å². The van der Waals surface area contributed by atoms with Gasteiger partial charge in [-0.1, -0.05) is 57.2 Å². The maximum atomic E-state index is 14.9. The van der Waals surface area contributed by atoms with Crippen molar-refractivity contribution in [3.05, 3.63) is 28.5 Å². The lowest BCUT2D eigenvalue weighted by atomic mass is 9.68. The van der Waals surface area contributed by atoms with Gasteiger partial charge in [-0.05, 0) is 73.8 Å². The zero-order valence-corrected chi connectivity index (χ0v) is 21.1. The van der Waals surface area contributed by atoms with Crippen molar-refractivity contribution in [2.45, 2.75) is 84.0 Å². The van der Waals surface area contributed by atoms with Crippen LogP contribution >= 0.6 is 19.2 Å². The molecule has 4 nitrogen and oxygen atoms in total. The summed E-state index contributed by atoms with van der Waals surface area (Å²) < 4.78 is 31.5. The SMILES string of the molecule is CCCC1CCC(C2CCC(c3ccc(OC[C@@H](C)CP(=O)(O)O)c(F)c3Cl)CC2)CC1. The molecule has 7 heteroatoms. The molecule has 0 radical (unpaired) electrons. The molecule has 1 aromatic rings. The van der Waals surface area contributed by atoms with Crippen LogP contribution in [0.5, 0.6) is 5.75 Å². The third-order valence-electron chi connectivity index (χ3n) is 7.62. The van der Waals surface area contributed by atoms with Crippen LogP contribution in [0.25, 0.3) is 0 Å². The van der Waals surface area contributed by atoms with Gasteiger partial charge in [0, 0.05) is 5.92 Å². The van der Waals surface area contributed by atoms with Gasteiger partial charge in [-0.3, -0.25) is 4.57 Å². The van der Waals surface area contributed by atoms with Crippen LogP contribution in [0.15, 0.2) is 12.1 Å². The molecule has 0 spiro atoms. The van der Waals surface area contributed by atoms with Gasteiger partial charge in [0.1, 0.15) is 0 Å². The fraction of sp³-hybridized carbons (Fsp3) is 0.760. The molecule has 0 bridgehead atoms. The van der Waals surface area contributed by atoms with E-state index in [2.05, 4.69) is 6.92 Å². The molecule has 0 amide bonds. The Morgan fingerprint density at radius 1 is 1.09 bits per heavy atom. The highest BCUT2D eigenvalue weighted by Crippen LogP contribution is 2.46. The van der Waals surface area contributed by atoms with Gasteiger partial charge >= 0.3 is 7.60 Å². The van der Waals surface area contributed by atoms with Crippen molar-refractivity contribution in [3.8, 4) is 5.75 Å². The Kier molecular flexibility index (Phi) is 9.50. The third-order valence-corrected chi connectivity index (χ3v) is 9.10. The van der Waals surface area contributed by atoms with Crippen LogP contribution in [0.1, 0.15) is 89.5 Å². The zero-order chi connectivity index (χ0) is 23.3. The summed E-state index contributed by atoms with van der Waals surface area (Å²) in [6.07, 6.45) is 12.4. The van der Waals surface area contributed by atoms with E-state index in [1.54, 1.807) is 13.0 Å². The first-order chi connectivity index (χ1) is 15.2. The van der Waals surface area contributed by atoms with E-state index in [1.807, 2.05) is 6.07 Å². The Bertz CT molecular complexity index is 782. The summed E-state index contributed by atoms with van der Waals surface area (Å²) in [6, 6.07) is 3.48. The Hall–Kier alpha value is -0.610. The van der Waals surface area contributed by atoms with Gasteiger partial charge in [0.05, 0.1) is 17.8 Å². The molecule has 3 rings (SSSR count). The fourth-order valence-electron chi connectivity index (χ4n) is 5.92. The molecular weight excluding hydrogens is 450 g/mol. The van der Waals surface area contributed by atoms with E-state index in [4.69, 9.17) is 26.1 Å². The van der Waals surface area contributed by atoms with E-state index in [0.29, 0.717) is 0 Å². The second-order valence-corrected chi connectivity index (χ2v) is 12.3. The minimum absolute atomic E-state index is 0.0311. The molecule has 2 aliphatic carbocycles. The van der Waals surface area contributed by atoms with E-state index >= 15 is 0 Å². The molecule has 0 heterocycles. The highest BCUT2D eigenvalue weighted by Gasteiger charge is 2.32. The van der Waals surface area contributed by atoms with Crippen molar-refractivity contribution in [3.63, 3.8) is 0 Å². The maximum Gasteiger partial charge on any atom is 0.325 e. The van der Waals surface area contributed by atoms with E-state index in [9.17, 15) is 8.96 Å². The van der Waals surface area contributed by atoms with E-state index in [-0.39, 0.29) is 35.4 Å². The van der Waals surface area contributed by atoms with E-state index in [0.717, 1.165) is 36.2 Å². The summed E-state index contributed by atoms with van der Waals surface area (Å²) in [4.78, 5) is 18.1. The predicted octanol–water partition coefficient (Wildman–Crippen LogP) is 7.55. The van der Waals surface area contributed by atoms with Gasteiger partial charge in [0.2, 0.25) is 0 Å². The van der Waals surface area contributed by atoms with Crippen LogP contribution in [0.2, 0.25) is 5.02 Å². The van der Waals surface area contributed by atoms with E-state index in [1.165, 1.54) is 51.4 Å². The lowest BCUT2D eigenvalue weighted by Crippen LogP contribution is -2.25. The highest BCUT2D eigenvalue weighted by molar-refractivity contribution is 7.51. The van der Waals surface area contributed by atoms with Crippen molar-refractivity contribution in [2.24, 2.45) is 23.7 Å². The Balaban J connectivity index is 1.52. The Morgan fingerprint density at radius 3 is 2.25 bits per heavy atom. The lowest BCUT2D eigenvalue weighted by molar-refractivity contribution is 0.156. The second-order valence-electron chi connectivity index (χ2n) is 10.2. The average Bonchev–Trinajstić information content (AvgIpc) is 2.75. The standard InChI is InChI=1S/C25H39ClFO4P/c1-3-4-18-5-7-19(8-6-18)20-9-11-21(12-10-20)22-13-14-23(25(27)24(22)26)31-15-17(2)16-32(28,29)30/h13-14,17-21H,3-12,15-16H2,1-2H3,(H2,28,29,30)/t17-,18?,19?,20?,21?/m1/s1. The van der Waals surface area contributed by atoms with Crippen molar-refractivity contribution in [1.29, 1.82) is 0 Å². The van der Waals surface area contributed by atoms with Crippen LogP contribution in [0.3, 0.4) is 0 Å². The molecule has 1 atom stereocenters. The third kappa shape index (κ3) is 7.19. The number of benzene rings is 1. The molecule has 182 valence electrons. The summed E-state index contributed by atoms with van der Waals surface area (Å²) in [5, 5.41) is 0.133. The van der Waals surface area contributed by atoms with Gasteiger partial charge in [0.15, 0.2) is 11.6 Å². The molecule has 2 N–H and O–H groups in total. The van der Waals surface area contributed by atoms with Gasteiger partial charge in [0.25, 0.3) is 0 Å². The normalized spacial score (nSPS) is 27.8. The van der Waals surface area contributed by atoms with Crippen LogP contribution in [-0.4, -0.2) is 22.6 Å². The van der Waals surface area contributed by atoms with Gasteiger partial charge < -0.3 is 14.5 Å². The van der Waals surface area contributed by atoms with Crippen molar-refractivity contribution in [2.75, 3.05) is 12.8 Å². The zero-order valence-electron chi connectivity index (χ0n) is 19.4. The van der Waals surface area contributed by atoms with Crippen LogP contribution in [0.4, 0.5) is 4.39 Å².